The molecule has 0 aliphatic heterocycles. The summed E-state index contributed by atoms with van der Waals surface area (Å²) in [4.78, 5) is 32.4. The van der Waals surface area contributed by atoms with E-state index < -0.39 is 0 Å². The van der Waals surface area contributed by atoms with Crippen LogP contribution in [-0.4, -0.2) is 27.3 Å². The van der Waals surface area contributed by atoms with Crippen molar-refractivity contribution in [2.24, 2.45) is 11.8 Å². The molecule has 1 amide bonds. The standard InChI is InChI=1S/C21H29N3O2S2/c1-4-5-10-24-20(26)17-12(2)13(3)28-19(17)23-21(24)27-11-16(25)22-18(14-6-7-14)15-8-9-15/h14-15,18H,4-11H2,1-3H3,(H,22,25). The van der Waals surface area contributed by atoms with E-state index in [2.05, 4.69) is 12.2 Å². The van der Waals surface area contributed by atoms with E-state index in [1.807, 2.05) is 13.8 Å². The number of rotatable bonds is 9. The lowest BCUT2D eigenvalue weighted by molar-refractivity contribution is -0.119. The van der Waals surface area contributed by atoms with E-state index in [1.54, 1.807) is 15.9 Å². The number of carbonyl (C=O) groups excluding carboxylic acids is 1. The summed E-state index contributed by atoms with van der Waals surface area (Å²) in [6, 6.07) is 0.369. The molecule has 1 N–H and O–H groups in total. The highest BCUT2D eigenvalue weighted by Crippen LogP contribution is 2.44. The van der Waals surface area contributed by atoms with Crippen molar-refractivity contribution >= 4 is 39.2 Å². The van der Waals surface area contributed by atoms with E-state index in [9.17, 15) is 9.59 Å². The summed E-state index contributed by atoms with van der Waals surface area (Å²) in [6.45, 7) is 6.81. The Hall–Kier alpha value is -1.34. The molecule has 2 aromatic rings. The van der Waals surface area contributed by atoms with E-state index in [1.165, 1.54) is 37.4 Å². The minimum absolute atomic E-state index is 0.0389. The number of nitrogens with zero attached hydrogens (tertiary/aromatic N) is 2. The highest BCUT2D eigenvalue weighted by atomic mass is 32.2. The van der Waals surface area contributed by atoms with Crippen molar-refractivity contribution in [2.75, 3.05) is 5.75 Å². The van der Waals surface area contributed by atoms with Crippen molar-refractivity contribution in [1.82, 2.24) is 14.9 Å². The van der Waals surface area contributed by atoms with Crippen LogP contribution >= 0.6 is 23.1 Å². The second kappa shape index (κ2) is 8.19. The van der Waals surface area contributed by atoms with Crippen molar-refractivity contribution in [1.29, 1.82) is 0 Å². The van der Waals surface area contributed by atoms with Gasteiger partial charge in [0.25, 0.3) is 5.56 Å². The third kappa shape index (κ3) is 4.15. The van der Waals surface area contributed by atoms with Crippen molar-refractivity contribution in [3.05, 3.63) is 20.8 Å². The van der Waals surface area contributed by atoms with Gasteiger partial charge < -0.3 is 5.32 Å². The fourth-order valence-electron chi connectivity index (χ4n) is 3.82. The van der Waals surface area contributed by atoms with Gasteiger partial charge in [-0.2, -0.15) is 0 Å². The molecule has 0 unspecified atom stereocenters. The number of fused-ring (bicyclic) bond motifs is 1. The Kier molecular flexibility index (Phi) is 5.83. The number of nitrogens with one attached hydrogen (secondary N) is 1. The minimum atomic E-state index is 0.0389. The molecule has 5 nitrogen and oxygen atoms in total. The normalized spacial score (nSPS) is 16.9. The summed E-state index contributed by atoms with van der Waals surface area (Å²) in [5.41, 5.74) is 1.07. The SMILES string of the molecule is CCCCn1c(SCC(=O)NC(C2CC2)C2CC2)nc2sc(C)c(C)c2c1=O. The Balaban J connectivity index is 1.53. The molecule has 0 bridgehead atoms. The van der Waals surface area contributed by atoms with E-state index >= 15 is 0 Å². The number of amides is 1. The van der Waals surface area contributed by atoms with Crippen LogP contribution in [0, 0.1) is 25.7 Å². The summed E-state index contributed by atoms with van der Waals surface area (Å²) in [5.74, 6) is 1.78. The van der Waals surface area contributed by atoms with Gasteiger partial charge in [-0.05, 0) is 63.4 Å². The topological polar surface area (TPSA) is 64.0 Å². The lowest BCUT2D eigenvalue weighted by Gasteiger charge is -2.18. The first-order chi connectivity index (χ1) is 13.5. The molecule has 2 heterocycles. The van der Waals surface area contributed by atoms with Crippen LogP contribution in [0.2, 0.25) is 0 Å². The Bertz CT molecular complexity index is 929. The predicted molar refractivity (Wildman–Crippen MR) is 116 cm³/mol. The summed E-state index contributed by atoms with van der Waals surface area (Å²) in [6.07, 6.45) is 6.95. The van der Waals surface area contributed by atoms with Crippen LogP contribution in [0.1, 0.15) is 55.9 Å². The molecule has 2 saturated carbocycles. The van der Waals surface area contributed by atoms with Crippen molar-refractivity contribution in [3.8, 4) is 0 Å². The van der Waals surface area contributed by atoms with Gasteiger partial charge in [-0.15, -0.1) is 11.3 Å². The minimum Gasteiger partial charge on any atom is -0.352 e. The second-order valence-corrected chi connectivity index (χ2v) is 10.4. The molecule has 0 spiro atoms. The number of unbranched alkanes of at least 4 members (excludes halogenated alkanes) is 1. The summed E-state index contributed by atoms with van der Waals surface area (Å²) in [7, 11) is 0. The summed E-state index contributed by atoms with van der Waals surface area (Å²) < 4.78 is 1.78. The van der Waals surface area contributed by atoms with Crippen LogP contribution in [0.15, 0.2) is 9.95 Å². The molecule has 2 aromatic heterocycles. The maximum Gasteiger partial charge on any atom is 0.263 e. The van der Waals surface area contributed by atoms with Gasteiger partial charge in [0.2, 0.25) is 5.91 Å². The number of thioether (sulfide) groups is 1. The maximum absolute atomic E-state index is 13.1. The average Bonchev–Trinajstić information content (AvgIpc) is 3.57. The first-order valence-corrected chi connectivity index (χ1v) is 12.2. The third-order valence-electron chi connectivity index (χ3n) is 5.91. The molecule has 0 saturated heterocycles. The van der Waals surface area contributed by atoms with Crippen LogP contribution in [0.4, 0.5) is 0 Å². The molecule has 152 valence electrons. The fraction of sp³-hybridized carbons (Fsp3) is 0.667. The highest BCUT2D eigenvalue weighted by molar-refractivity contribution is 7.99. The fourth-order valence-corrected chi connectivity index (χ4v) is 5.73. The number of hydrogen-bond acceptors (Lipinski definition) is 5. The smallest absolute Gasteiger partial charge is 0.263 e. The van der Waals surface area contributed by atoms with Gasteiger partial charge in [0, 0.05) is 17.5 Å². The predicted octanol–water partition coefficient (Wildman–Crippen LogP) is 4.27. The molecule has 0 radical (unpaired) electrons. The first kappa shape index (κ1) is 20.0. The van der Waals surface area contributed by atoms with Gasteiger partial charge in [0.15, 0.2) is 5.16 Å². The van der Waals surface area contributed by atoms with Crippen LogP contribution in [0.5, 0.6) is 0 Å². The van der Waals surface area contributed by atoms with Gasteiger partial charge in [0.05, 0.1) is 11.1 Å². The number of thiophene rings is 1. The monoisotopic (exact) mass is 419 g/mol. The molecule has 2 aliphatic carbocycles. The number of aryl methyl sites for hydroxylation is 2. The Morgan fingerprint density at radius 1 is 1.29 bits per heavy atom. The van der Waals surface area contributed by atoms with Crippen molar-refractivity contribution in [3.63, 3.8) is 0 Å². The average molecular weight is 420 g/mol. The summed E-state index contributed by atoms with van der Waals surface area (Å²) in [5, 5.41) is 4.69. The molecule has 0 atom stereocenters. The molecule has 4 rings (SSSR count). The Morgan fingerprint density at radius 2 is 1.96 bits per heavy atom. The number of hydrogen-bond donors (Lipinski definition) is 1. The van der Waals surface area contributed by atoms with E-state index in [0.29, 0.717) is 35.3 Å². The van der Waals surface area contributed by atoms with Crippen LogP contribution < -0.4 is 10.9 Å². The largest absolute Gasteiger partial charge is 0.352 e. The van der Waals surface area contributed by atoms with Crippen LogP contribution in [0.25, 0.3) is 10.2 Å². The van der Waals surface area contributed by atoms with E-state index in [4.69, 9.17) is 4.98 Å². The van der Waals surface area contributed by atoms with Crippen LogP contribution in [0.3, 0.4) is 0 Å². The zero-order valence-corrected chi connectivity index (χ0v) is 18.5. The molecular formula is C21H29N3O2S2. The molecule has 28 heavy (non-hydrogen) atoms. The zero-order valence-electron chi connectivity index (χ0n) is 16.9. The van der Waals surface area contributed by atoms with Crippen molar-refractivity contribution in [2.45, 2.75) is 77.0 Å². The van der Waals surface area contributed by atoms with Crippen molar-refractivity contribution < 1.29 is 4.79 Å². The van der Waals surface area contributed by atoms with E-state index in [0.717, 1.165) is 33.5 Å². The zero-order chi connectivity index (χ0) is 19.8. The lowest BCUT2D eigenvalue weighted by Crippen LogP contribution is -2.39. The Labute approximate surface area is 174 Å². The van der Waals surface area contributed by atoms with E-state index in [-0.39, 0.29) is 11.5 Å². The third-order valence-corrected chi connectivity index (χ3v) is 7.99. The molecule has 2 aliphatic rings. The van der Waals surface area contributed by atoms with Gasteiger partial charge in [-0.3, -0.25) is 14.2 Å². The second-order valence-electron chi connectivity index (χ2n) is 8.22. The molecular weight excluding hydrogens is 390 g/mol. The lowest BCUT2D eigenvalue weighted by atomic mass is 10.1. The van der Waals surface area contributed by atoms with Gasteiger partial charge in [0.1, 0.15) is 4.83 Å². The molecule has 7 heteroatoms. The summed E-state index contributed by atoms with van der Waals surface area (Å²) >= 11 is 2.97. The highest BCUT2D eigenvalue weighted by Gasteiger charge is 2.42. The number of aromatic nitrogens is 2. The van der Waals surface area contributed by atoms with Crippen LogP contribution in [-0.2, 0) is 11.3 Å². The van der Waals surface area contributed by atoms with Gasteiger partial charge >= 0.3 is 0 Å². The maximum atomic E-state index is 13.1. The quantitative estimate of drug-likeness (QED) is 0.487. The number of carbonyl (C=O) groups is 1. The molecule has 0 aromatic carbocycles. The van der Waals surface area contributed by atoms with Gasteiger partial charge in [-0.25, -0.2) is 4.98 Å². The Morgan fingerprint density at radius 3 is 2.57 bits per heavy atom. The first-order valence-electron chi connectivity index (χ1n) is 10.4. The van der Waals surface area contributed by atoms with Gasteiger partial charge in [-0.1, -0.05) is 25.1 Å². The molecule has 2 fully saturated rings.